The van der Waals surface area contributed by atoms with E-state index in [0.29, 0.717) is 11.4 Å². The molecule has 0 atom stereocenters. The van der Waals surface area contributed by atoms with Crippen molar-refractivity contribution in [3.05, 3.63) is 47.8 Å². The largest absolute Gasteiger partial charge is 0.440 e. The smallest absolute Gasteiger partial charge is 0.247 e. The summed E-state index contributed by atoms with van der Waals surface area (Å²) in [5, 5.41) is 9.49. The van der Waals surface area contributed by atoms with Gasteiger partial charge in [0.15, 0.2) is 0 Å². The average molecular weight is 266 g/mol. The second-order valence-corrected chi connectivity index (χ2v) is 3.59. The van der Waals surface area contributed by atoms with Crippen molar-refractivity contribution < 1.29 is 9.53 Å². The minimum Gasteiger partial charge on any atom is -0.440 e. The molecule has 0 fully saturated rings. The summed E-state index contributed by atoms with van der Waals surface area (Å²) in [6.07, 6.45) is 2.04. The molecule has 5 nitrogen and oxygen atoms in total. The Morgan fingerprint density at radius 2 is 2.28 bits per heavy atom. The molecule has 18 heavy (non-hydrogen) atoms. The second-order valence-electron chi connectivity index (χ2n) is 3.18. The Balaban J connectivity index is 2.86. The van der Waals surface area contributed by atoms with Gasteiger partial charge in [0.05, 0.1) is 0 Å². The summed E-state index contributed by atoms with van der Waals surface area (Å²) < 4.78 is 5.22. The highest BCUT2D eigenvalue weighted by Crippen LogP contribution is 2.19. The molecule has 1 aromatic carbocycles. The fourth-order valence-electron chi connectivity index (χ4n) is 1.08. The molecule has 0 spiro atoms. The molecule has 0 radical (unpaired) electrons. The fourth-order valence-corrected chi connectivity index (χ4v) is 1.12. The number of hydrogen-bond donors (Lipinski definition) is 3. The molecule has 0 saturated carbocycles. The van der Waals surface area contributed by atoms with E-state index in [1.807, 2.05) is 0 Å². The highest BCUT2D eigenvalue weighted by atomic mass is 35.5. The number of nitrogens with one attached hydrogen (secondary N) is 2. The van der Waals surface area contributed by atoms with E-state index in [-0.39, 0.29) is 16.8 Å². The molecule has 0 bridgehead atoms. The maximum atomic E-state index is 11.1. The summed E-state index contributed by atoms with van der Waals surface area (Å²) in [5.74, 6) is -0.0126. The molecule has 0 saturated heterocycles. The number of amides is 1. The minimum absolute atomic E-state index is 0.00414. The van der Waals surface area contributed by atoms with Crippen LogP contribution in [-0.2, 0) is 4.79 Å². The Labute approximate surface area is 109 Å². The van der Waals surface area contributed by atoms with Gasteiger partial charge in [-0.25, -0.2) is 0 Å². The summed E-state index contributed by atoms with van der Waals surface area (Å²) in [5.41, 5.74) is 6.05. The molecular weight excluding hydrogens is 254 g/mol. The van der Waals surface area contributed by atoms with Crippen LogP contribution in [-0.4, -0.2) is 12.1 Å². The lowest BCUT2D eigenvalue weighted by Crippen LogP contribution is -2.10. The molecule has 6 heteroatoms. The molecule has 0 heterocycles. The Hall–Kier alpha value is -2.27. The molecule has 0 aliphatic carbocycles. The zero-order chi connectivity index (χ0) is 13.5. The third-order valence-corrected chi connectivity index (χ3v) is 2.17. The molecule has 4 N–H and O–H groups in total. The van der Waals surface area contributed by atoms with E-state index in [2.05, 4.69) is 11.9 Å². The number of carbonyl (C=O) groups excluding carboxylic acids is 1. The van der Waals surface area contributed by atoms with Gasteiger partial charge < -0.3 is 21.2 Å². The van der Waals surface area contributed by atoms with E-state index in [0.717, 1.165) is 12.3 Å². The van der Waals surface area contributed by atoms with E-state index >= 15 is 0 Å². The lowest BCUT2D eigenvalue weighted by Gasteiger charge is -2.08. The summed E-state index contributed by atoms with van der Waals surface area (Å²) in [6, 6.07) is 6.58. The lowest BCUT2D eigenvalue weighted by molar-refractivity contribution is -0.111. The van der Waals surface area contributed by atoms with Gasteiger partial charge in [-0.3, -0.25) is 4.79 Å². The predicted octanol–water partition coefficient (Wildman–Crippen LogP) is 2.21. The summed E-state index contributed by atoms with van der Waals surface area (Å²) in [6.45, 7) is 3.35. The van der Waals surface area contributed by atoms with Crippen LogP contribution in [0, 0.1) is 5.41 Å². The predicted molar refractivity (Wildman–Crippen MR) is 71.7 cm³/mol. The first-order valence-corrected chi connectivity index (χ1v) is 5.31. The summed E-state index contributed by atoms with van der Waals surface area (Å²) in [4.78, 5) is 11.1. The number of rotatable bonds is 5. The van der Waals surface area contributed by atoms with Crippen LogP contribution in [0.4, 0.5) is 5.69 Å². The van der Waals surface area contributed by atoms with Gasteiger partial charge >= 0.3 is 0 Å². The van der Waals surface area contributed by atoms with Gasteiger partial charge in [-0.15, -0.1) is 0 Å². The number of anilines is 1. The zero-order valence-corrected chi connectivity index (χ0v) is 10.2. The van der Waals surface area contributed by atoms with Crippen molar-refractivity contribution in [2.45, 2.75) is 0 Å². The van der Waals surface area contributed by atoms with Crippen molar-refractivity contribution in [1.82, 2.24) is 0 Å². The van der Waals surface area contributed by atoms with Crippen LogP contribution < -0.4 is 15.8 Å². The second kappa shape index (κ2) is 6.46. The molecule has 0 aromatic heterocycles. The van der Waals surface area contributed by atoms with Gasteiger partial charge in [-0.1, -0.05) is 24.2 Å². The quantitative estimate of drug-likeness (QED) is 0.433. The van der Waals surface area contributed by atoms with Crippen LogP contribution in [0.3, 0.4) is 0 Å². The first-order chi connectivity index (χ1) is 8.56. The molecule has 1 amide bonds. The number of halogens is 1. The number of allylic oxidation sites excluding steroid dienone is 1. The van der Waals surface area contributed by atoms with Gasteiger partial charge in [0.2, 0.25) is 11.8 Å². The van der Waals surface area contributed by atoms with Crippen molar-refractivity contribution in [2.75, 3.05) is 5.32 Å². The van der Waals surface area contributed by atoms with Crippen molar-refractivity contribution in [2.24, 2.45) is 5.73 Å². The van der Waals surface area contributed by atoms with Crippen molar-refractivity contribution >= 4 is 29.4 Å². The van der Waals surface area contributed by atoms with Gasteiger partial charge in [0.1, 0.15) is 10.8 Å². The molecule has 0 aliphatic rings. The van der Waals surface area contributed by atoms with Gasteiger partial charge in [-0.2, -0.15) is 0 Å². The number of ether oxygens (including phenoxy) is 1. The van der Waals surface area contributed by atoms with Crippen molar-refractivity contribution in [3.63, 3.8) is 0 Å². The van der Waals surface area contributed by atoms with Crippen molar-refractivity contribution in [3.8, 4) is 5.75 Å². The number of carbonyl (C=O) groups is 1. The van der Waals surface area contributed by atoms with E-state index in [4.69, 9.17) is 27.5 Å². The highest BCUT2D eigenvalue weighted by Gasteiger charge is 2.03. The van der Waals surface area contributed by atoms with Crippen LogP contribution in [0.25, 0.3) is 0 Å². The number of hydrogen-bond acceptors (Lipinski definition) is 4. The van der Waals surface area contributed by atoms with Crippen LogP contribution in [0.2, 0.25) is 0 Å². The maximum Gasteiger partial charge on any atom is 0.247 e. The fraction of sp³-hybridized carbons (Fsp3) is 0. The summed E-state index contributed by atoms with van der Waals surface area (Å²) in [7, 11) is 0. The molecule has 94 valence electrons. The minimum atomic E-state index is -0.326. The highest BCUT2D eigenvalue weighted by molar-refractivity contribution is 6.39. The first kappa shape index (κ1) is 13.8. The van der Waals surface area contributed by atoms with E-state index in [1.54, 1.807) is 24.3 Å². The van der Waals surface area contributed by atoms with E-state index in [1.165, 1.54) is 0 Å². The van der Waals surface area contributed by atoms with E-state index < -0.39 is 0 Å². The topological polar surface area (TPSA) is 88.2 Å². The van der Waals surface area contributed by atoms with E-state index in [9.17, 15) is 4.79 Å². The third kappa shape index (κ3) is 3.95. The third-order valence-electron chi connectivity index (χ3n) is 1.88. The SMILES string of the molecule is C=CC(=O)Nc1cccc(O/C(N)=C(\Cl)C=N)c1. The molecule has 1 rings (SSSR count). The zero-order valence-electron chi connectivity index (χ0n) is 9.44. The monoisotopic (exact) mass is 265 g/mol. The summed E-state index contributed by atoms with van der Waals surface area (Å²) >= 11 is 5.62. The standard InChI is InChI=1S/C12H12ClN3O2/c1-2-11(17)16-8-4-3-5-9(6-8)18-12(15)10(13)7-14/h2-7,14H,1,15H2,(H,16,17)/b12-10-,14-7?. The molecule has 0 aliphatic heterocycles. The number of benzene rings is 1. The van der Waals surface area contributed by atoms with Crippen LogP contribution in [0.15, 0.2) is 47.8 Å². The van der Waals surface area contributed by atoms with Crippen LogP contribution in [0.5, 0.6) is 5.75 Å². The van der Waals surface area contributed by atoms with Gasteiger partial charge in [0, 0.05) is 18.0 Å². The number of nitrogens with two attached hydrogens (primary N) is 1. The Kier molecular flexibility index (Phi) is 4.95. The Morgan fingerprint density at radius 3 is 2.89 bits per heavy atom. The lowest BCUT2D eigenvalue weighted by atomic mass is 10.3. The average Bonchev–Trinajstić information content (AvgIpc) is 2.37. The van der Waals surface area contributed by atoms with Crippen LogP contribution in [0.1, 0.15) is 0 Å². The van der Waals surface area contributed by atoms with Gasteiger partial charge in [0.25, 0.3) is 0 Å². The molecular formula is C12H12ClN3O2. The Bertz CT molecular complexity index is 512. The maximum absolute atomic E-state index is 11.1. The van der Waals surface area contributed by atoms with Crippen molar-refractivity contribution in [1.29, 1.82) is 5.41 Å². The van der Waals surface area contributed by atoms with Gasteiger partial charge in [-0.05, 0) is 18.2 Å². The normalized spacial score (nSPS) is 11.2. The molecule has 0 unspecified atom stereocenters. The molecule has 1 aromatic rings. The first-order valence-electron chi connectivity index (χ1n) is 4.94. The van der Waals surface area contributed by atoms with Crippen LogP contribution >= 0.6 is 11.6 Å². The Morgan fingerprint density at radius 1 is 1.56 bits per heavy atom.